The summed E-state index contributed by atoms with van der Waals surface area (Å²) in [4.78, 5) is 34.1. The maximum absolute atomic E-state index is 14.3. The fourth-order valence-corrected chi connectivity index (χ4v) is 4.81. The number of aromatic nitrogens is 4. The molecule has 8 nitrogen and oxygen atoms in total. The molecule has 0 saturated heterocycles. The van der Waals surface area contributed by atoms with Gasteiger partial charge in [-0.25, -0.2) is 19.0 Å². The van der Waals surface area contributed by atoms with Crippen LogP contribution in [-0.4, -0.2) is 25.5 Å². The van der Waals surface area contributed by atoms with Crippen molar-refractivity contribution in [3.63, 3.8) is 0 Å². The first-order valence-electron chi connectivity index (χ1n) is 12.2. The van der Waals surface area contributed by atoms with E-state index in [1.807, 2.05) is 6.92 Å². The van der Waals surface area contributed by atoms with E-state index in [9.17, 15) is 14.0 Å². The number of hydrogen-bond donors (Lipinski definition) is 1. The van der Waals surface area contributed by atoms with Crippen LogP contribution in [0.2, 0.25) is 0 Å². The molecule has 0 spiro atoms. The van der Waals surface area contributed by atoms with Gasteiger partial charge in [-0.3, -0.25) is 9.59 Å². The van der Waals surface area contributed by atoms with Crippen molar-refractivity contribution in [2.75, 3.05) is 5.73 Å². The van der Waals surface area contributed by atoms with E-state index in [1.54, 1.807) is 65.3 Å². The molecule has 0 amide bonds. The molecule has 1 unspecified atom stereocenters. The summed E-state index contributed by atoms with van der Waals surface area (Å²) in [6.45, 7) is 3.32. The van der Waals surface area contributed by atoms with Crippen molar-refractivity contribution in [3.05, 3.63) is 106 Å². The van der Waals surface area contributed by atoms with Gasteiger partial charge in [-0.1, -0.05) is 48.5 Å². The van der Waals surface area contributed by atoms with E-state index in [2.05, 4.69) is 9.97 Å². The average molecular weight is 520 g/mol. The van der Waals surface area contributed by atoms with E-state index < -0.39 is 11.9 Å². The number of nitrogens with zero attached hydrogens (tertiary/aromatic N) is 4. The molecule has 9 heteroatoms. The average Bonchev–Trinajstić information content (AvgIpc) is 3.33. The first-order valence-corrected chi connectivity index (χ1v) is 12.2. The van der Waals surface area contributed by atoms with E-state index in [1.165, 1.54) is 25.4 Å². The highest BCUT2D eigenvalue weighted by atomic mass is 19.1. The van der Waals surface area contributed by atoms with Crippen molar-refractivity contribution in [1.82, 2.24) is 19.7 Å². The fourth-order valence-electron chi connectivity index (χ4n) is 4.81. The lowest BCUT2D eigenvalue weighted by atomic mass is 9.99. The van der Waals surface area contributed by atoms with Crippen molar-refractivity contribution in [3.8, 4) is 22.4 Å². The van der Waals surface area contributed by atoms with Crippen molar-refractivity contribution < 1.29 is 13.6 Å². The number of anilines is 1. The predicted octanol–water partition coefficient (Wildman–Crippen LogP) is 5.80. The molecule has 0 fully saturated rings. The van der Waals surface area contributed by atoms with Crippen LogP contribution in [0.4, 0.5) is 10.2 Å². The minimum atomic E-state index is -0.650. The van der Waals surface area contributed by atoms with Gasteiger partial charge in [-0.2, -0.15) is 5.10 Å². The predicted molar refractivity (Wildman–Crippen MR) is 147 cm³/mol. The van der Waals surface area contributed by atoms with Crippen LogP contribution in [0.15, 0.2) is 88.3 Å². The second-order valence-corrected chi connectivity index (χ2v) is 9.24. The van der Waals surface area contributed by atoms with E-state index in [0.717, 1.165) is 0 Å². The minimum absolute atomic E-state index is 0.0513. The Hall–Kier alpha value is -5.18. The lowest BCUT2D eigenvalue weighted by Crippen LogP contribution is -2.16. The normalized spacial score (nSPS) is 12.2. The highest BCUT2D eigenvalue weighted by Crippen LogP contribution is 2.36. The van der Waals surface area contributed by atoms with Gasteiger partial charge in [0.2, 0.25) is 5.43 Å². The molecule has 0 aliphatic carbocycles. The Morgan fingerprint density at radius 1 is 1.00 bits per heavy atom. The Balaban J connectivity index is 1.61. The summed E-state index contributed by atoms with van der Waals surface area (Å²) in [6.07, 6.45) is 1.34. The second-order valence-electron chi connectivity index (χ2n) is 9.24. The maximum atomic E-state index is 14.3. The number of halogens is 1. The van der Waals surface area contributed by atoms with Gasteiger partial charge < -0.3 is 10.2 Å². The molecule has 3 heterocycles. The molecule has 192 valence electrons. The van der Waals surface area contributed by atoms with Crippen LogP contribution < -0.4 is 11.2 Å². The number of hydrogen-bond acceptors (Lipinski definition) is 7. The van der Waals surface area contributed by atoms with Crippen LogP contribution in [0, 0.1) is 5.82 Å². The maximum Gasteiger partial charge on any atom is 0.200 e. The Morgan fingerprint density at radius 3 is 2.51 bits per heavy atom. The van der Waals surface area contributed by atoms with Crippen LogP contribution in [-0.2, 0) is 0 Å². The Morgan fingerprint density at radius 2 is 1.77 bits per heavy atom. The first-order chi connectivity index (χ1) is 18.8. The van der Waals surface area contributed by atoms with E-state index in [-0.39, 0.29) is 22.6 Å². The van der Waals surface area contributed by atoms with Gasteiger partial charge in [0.15, 0.2) is 11.4 Å². The molecule has 39 heavy (non-hydrogen) atoms. The largest absolute Gasteiger partial charge is 0.458 e. The lowest BCUT2D eigenvalue weighted by molar-refractivity contribution is 0.101. The van der Waals surface area contributed by atoms with Crippen LogP contribution in [0.5, 0.6) is 0 Å². The molecule has 0 saturated carbocycles. The summed E-state index contributed by atoms with van der Waals surface area (Å²) in [5, 5.41) is 5.75. The molecule has 6 rings (SSSR count). The molecule has 3 aromatic heterocycles. The summed E-state index contributed by atoms with van der Waals surface area (Å²) in [5.74, 6) is 0.00315. The molecular formula is C30H22FN5O3. The van der Waals surface area contributed by atoms with Gasteiger partial charge in [-0.15, -0.1) is 0 Å². The van der Waals surface area contributed by atoms with Crippen molar-refractivity contribution in [2.45, 2.75) is 19.9 Å². The molecule has 6 aromatic rings. The summed E-state index contributed by atoms with van der Waals surface area (Å²) in [7, 11) is 0. The minimum Gasteiger partial charge on any atom is -0.458 e. The zero-order chi connectivity index (χ0) is 27.3. The number of carbonyl (C=O) groups excluding carboxylic acids is 1. The molecule has 0 aliphatic rings. The number of para-hydroxylation sites is 1. The molecule has 0 aliphatic heterocycles. The van der Waals surface area contributed by atoms with Gasteiger partial charge in [0.1, 0.15) is 41.0 Å². The monoisotopic (exact) mass is 519 g/mol. The highest BCUT2D eigenvalue weighted by Gasteiger charge is 2.27. The van der Waals surface area contributed by atoms with Gasteiger partial charge in [0.05, 0.1) is 16.3 Å². The van der Waals surface area contributed by atoms with Gasteiger partial charge in [0.25, 0.3) is 0 Å². The Bertz CT molecular complexity index is 1960. The summed E-state index contributed by atoms with van der Waals surface area (Å²) in [5.41, 5.74) is 9.25. The molecule has 0 radical (unpaired) electrons. The van der Waals surface area contributed by atoms with Crippen LogP contribution in [0.1, 0.15) is 36.0 Å². The zero-order valence-electron chi connectivity index (χ0n) is 21.1. The molecule has 3 aromatic carbocycles. The number of benzene rings is 3. The summed E-state index contributed by atoms with van der Waals surface area (Å²) >= 11 is 0. The number of rotatable bonds is 5. The van der Waals surface area contributed by atoms with Crippen molar-refractivity contribution >= 4 is 33.6 Å². The number of ketones is 1. The topological polar surface area (TPSA) is 117 Å². The van der Waals surface area contributed by atoms with Crippen LogP contribution in [0.3, 0.4) is 0 Å². The highest BCUT2D eigenvalue weighted by molar-refractivity contribution is 5.99. The Kier molecular flexibility index (Phi) is 5.76. The fraction of sp³-hybridized carbons (Fsp3) is 0.100. The van der Waals surface area contributed by atoms with E-state index in [4.69, 9.17) is 15.2 Å². The van der Waals surface area contributed by atoms with Gasteiger partial charge in [0, 0.05) is 11.1 Å². The third kappa shape index (κ3) is 4.04. The molecule has 2 N–H and O–H groups in total. The lowest BCUT2D eigenvalue weighted by Gasteiger charge is -2.17. The van der Waals surface area contributed by atoms with Gasteiger partial charge >= 0.3 is 0 Å². The number of nitrogens with two attached hydrogens (primary N) is 1. The Labute approximate surface area is 221 Å². The number of Topliss-reactive ketones (excluding diaryl/α,β-unsaturated/α-hetero) is 1. The zero-order valence-corrected chi connectivity index (χ0v) is 21.1. The SMILES string of the molecule is CC(=O)c1ccc(-c2nn(C(C)c3oc4ccccc4c(=O)c3-c3cccc(F)c3)c3ncnc(N)c23)cc1. The third-order valence-electron chi connectivity index (χ3n) is 6.77. The smallest absolute Gasteiger partial charge is 0.200 e. The first kappa shape index (κ1) is 24.2. The van der Waals surface area contributed by atoms with E-state index in [0.29, 0.717) is 50.1 Å². The summed E-state index contributed by atoms with van der Waals surface area (Å²) < 4.78 is 22.2. The molecule has 0 bridgehead atoms. The third-order valence-corrected chi connectivity index (χ3v) is 6.77. The number of carbonyl (C=O) groups is 1. The number of nitrogen functional groups attached to an aromatic ring is 1. The van der Waals surface area contributed by atoms with Crippen LogP contribution >= 0.6 is 0 Å². The standard InChI is InChI=1S/C30H22FN5O3/c1-16(28-24(20-6-5-7-21(31)14-20)27(38)22-8-3-4-9-23(22)39-28)36-30-25(29(32)33-15-34-30)26(35-36)19-12-10-18(11-13-19)17(2)37/h3-16H,1-2H3,(H2,32,33,34). The van der Waals surface area contributed by atoms with Crippen molar-refractivity contribution in [2.24, 2.45) is 0 Å². The van der Waals surface area contributed by atoms with Crippen LogP contribution in [0.25, 0.3) is 44.4 Å². The van der Waals surface area contributed by atoms with Gasteiger partial charge in [-0.05, 0) is 43.7 Å². The molecular weight excluding hydrogens is 497 g/mol. The number of fused-ring (bicyclic) bond motifs is 2. The quantitative estimate of drug-likeness (QED) is 0.286. The van der Waals surface area contributed by atoms with Crippen molar-refractivity contribution in [1.29, 1.82) is 0 Å². The molecule has 1 atom stereocenters. The second kappa shape index (κ2) is 9.29. The van der Waals surface area contributed by atoms with E-state index >= 15 is 0 Å². The summed E-state index contributed by atoms with van der Waals surface area (Å²) in [6, 6.07) is 19.1.